The molecule has 0 unspecified atom stereocenters. The maximum Gasteiger partial charge on any atom is 0.248 e. The number of pyridine rings is 1. The van der Waals surface area contributed by atoms with E-state index in [1.54, 1.807) is 19.4 Å². The number of hydrogen-bond acceptors (Lipinski definition) is 3. The van der Waals surface area contributed by atoms with Crippen LogP contribution in [0.25, 0.3) is 17.0 Å². The minimum Gasteiger partial charge on any atom is -0.495 e. The van der Waals surface area contributed by atoms with Gasteiger partial charge in [0.05, 0.1) is 22.8 Å². The Morgan fingerprint density at radius 1 is 1.20 bits per heavy atom. The predicted octanol–water partition coefficient (Wildman–Crippen LogP) is 5.42. The summed E-state index contributed by atoms with van der Waals surface area (Å²) in [6.07, 6.45) is 4.92. The Balaban J connectivity index is 1.84. The molecule has 1 heterocycles. The molecule has 1 aromatic heterocycles. The summed E-state index contributed by atoms with van der Waals surface area (Å²) >= 11 is 6.89. The Hall–Kier alpha value is -2.18. The van der Waals surface area contributed by atoms with Gasteiger partial charge in [0, 0.05) is 27.7 Å². The van der Waals surface area contributed by atoms with E-state index >= 15 is 0 Å². The summed E-state index contributed by atoms with van der Waals surface area (Å²) in [5, 5.41) is 3.79. The summed E-state index contributed by atoms with van der Waals surface area (Å²) in [6, 6.07) is 13.2. The number of methoxy groups -OCH3 is 1. The lowest BCUT2D eigenvalue weighted by atomic mass is 10.1. The van der Waals surface area contributed by atoms with Gasteiger partial charge in [0.25, 0.3) is 0 Å². The summed E-state index contributed by atoms with van der Waals surface area (Å²) in [5.74, 6) is 0.441. The second-order valence-electron chi connectivity index (χ2n) is 5.21. The first kappa shape index (κ1) is 17.6. The number of aromatic nitrogens is 1. The van der Waals surface area contributed by atoms with Gasteiger partial charge in [0.1, 0.15) is 5.75 Å². The van der Waals surface area contributed by atoms with Crippen LogP contribution in [0.3, 0.4) is 0 Å². The van der Waals surface area contributed by atoms with Gasteiger partial charge < -0.3 is 10.1 Å². The zero-order chi connectivity index (χ0) is 17.8. The Bertz CT molecular complexity index is 966. The first-order valence-electron chi connectivity index (χ1n) is 7.44. The van der Waals surface area contributed by atoms with Crippen LogP contribution in [0.2, 0.25) is 0 Å². The van der Waals surface area contributed by atoms with Crippen molar-refractivity contribution in [2.45, 2.75) is 0 Å². The van der Waals surface area contributed by atoms with Crippen LogP contribution in [0.5, 0.6) is 5.75 Å². The maximum absolute atomic E-state index is 12.3. The number of halogens is 2. The van der Waals surface area contributed by atoms with Crippen molar-refractivity contribution in [1.82, 2.24) is 4.98 Å². The largest absolute Gasteiger partial charge is 0.495 e. The molecule has 0 spiro atoms. The number of anilines is 1. The number of carbonyl (C=O) groups excluding carboxylic acids is 1. The molecule has 0 saturated carbocycles. The molecule has 0 radical (unpaired) electrons. The fourth-order valence-corrected chi connectivity index (χ4v) is 3.89. The number of nitrogens with zero attached hydrogens (tertiary/aromatic N) is 1. The Labute approximate surface area is 162 Å². The van der Waals surface area contributed by atoms with Crippen molar-refractivity contribution >= 4 is 60.4 Å². The summed E-state index contributed by atoms with van der Waals surface area (Å²) in [5.41, 5.74) is 2.35. The highest BCUT2D eigenvalue weighted by Crippen LogP contribution is 2.33. The van der Waals surface area contributed by atoms with Gasteiger partial charge in [0.15, 0.2) is 0 Å². The molecule has 0 bridgehead atoms. The number of carbonyl (C=O) groups is 1. The second kappa shape index (κ2) is 7.80. The second-order valence-corrected chi connectivity index (χ2v) is 6.98. The van der Waals surface area contributed by atoms with E-state index in [-0.39, 0.29) is 5.91 Å². The van der Waals surface area contributed by atoms with Gasteiger partial charge in [0.2, 0.25) is 5.91 Å². The standard InChI is InChI=1S/C19H14Br2N2O2/c1-25-19-12(10-13(20)11-15(19)21)7-8-18(24)23-17-6-2-5-16-14(17)4-3-9-22-16/h2-11H,1H3,(H,23,24). The first-order chi connectivity index (χ1) is 12.1. The van der Waals surface area contributed by atoms with E-state index in [0.717, 1.165) is 31.1 Å². The highest BCUT2D eigenvalue weighted by atomic mass is 79.9. The lowest BCUT2D eigenvalue weighted by molar-refractivity contribution is -0.111. The molecule has 0 aliphatic heterocycles. The molecule has 126 valence electrons. The van der Waals surface area contributed by atoms with Crippen molar-refractivity contribution in [2.75, 3.05) is 12.4 Å². The molecule has 0 aliphatic rings. The molecule has 0 saturated heterocycles. The SMILES string of the molecule is COc1c(Br)cc(Br)cc1C=CC(=O)Nc1cccc2ncccc12. The van der Waals surface area contributed by atoms with Crippen LogP contribution < -0.4 is 10.1 Å². The molecule has 4 nitrogen and oxygen atoms in total. The fraction of sp³-hybridized carbons (Fsp3) is 0.0526. The van der Waals surface area contributed by atoms with Crippen LogP contribution in [-0.4, -0.2) is 18.0 Å². The summed E-state index contributed by atoms with van der Waals surface area (Å²) in [7, 11) is 1.59. The van der Waals surface area contributed by atoms with Crippen LogP contribution in [0.1, 0.15) is 5.56 Å². The molecular weight excluding hydrogens is 448 g/mol. The first-order valence-corrected chi connectivity index (χ1v) is 9.03. The third kappa shape index (κ3) is 4.08. The Morgan fingerprint density at radius 2 is 2.04 bits per heavy atom. The van der Waals surface area contributed by atoms with Gasteiger partial charge in [-0.1, -0.05) is 22.0 Å². The number of fused-ring (bicyclic) bond motifs is 1. The van der Waals surface area contributed by atoms with E-state index in [2.05, 4.69) is 42.2 Å². The number of nitrogens with one attached hydrogen (secondary N) is 1. The van der Waals surface area contributed by atoms with Crippen molar-refractivity contribution in [1.29, 1.82) is 0 Å². The van der Waals surface area contributed by atoms with Crippen molar-refractivity contribution in [3.63, 3.8) is 0 Å². The number of rotatable bonds is 4. The molecule has 3 aromatic rings. The lowest BCUT2D eigenvalue weighted by Gasteiger charge is -2.09. The van der Waals surface area contributed by atoms with E-state index in [0.29, 0.717) is 5.75 Å². The molecular formula is C19H14Br2N2O2. The van der Waals surface area contributed by atoms with Crippen molar-refractivity contribution in [3.05, 3.63) is 69.2 Å². The topological polar surface area (TPSA) is 51.2 Å². The van der Waals surface area contributed by atoms with Crippen LogP contribution in [0.4, 0.5) is 5.69 Å². The summed E-state index contributed by atoms with van der Waals surface area (Å²) < 4.78 is 7.08. The zero-order valence-corrected chi connectivity index (χ0v) is 16.5. The van der Waals surface area contributed by atoms with Crippen LogP contribution >= 0.6 is 31.9 Å². The van der Waals surface area contributed by atoms with Gasteiger partial charge in [-0.15, -0.1) is 0 Å². The quantitative estimate of drug-likeness (QED) is 0.527. The van der Waals surface area contributed by atoms with Crippen molar-refractivity contribution < 1.29 is 9.53 Å². The molecule has 6 heteroatoms. The average Bonchev–Trinajstić information content (AvgIpc) is 2.60. The molecule has 0 atom stereocenters. The van der Waals surface area contributed by atoms with Gasteiger partial charge in [-0.2, -0.15) is 0 Å². The maximum atomic E-state index is 12.3. The minimum absolute atomic E-state index is 0.227. The van der Waals surface area contributed by atoms with E-state index < -0.39 is 0 Å². The third-order valence-corrected chi connectivity index (χ3v) is 4.61. The molecule has 25 heavy (non-hydrogen) atoms. The minimum atomic E-state index is -0.227. The smallest absolute Gasteiger partial charge is 0.248 e. The van der Waals surface area contributed by atoms with Crippen LogP contribution in [0.15, 0.2) is 63.7 Å². The molecule has 3 rings (SSSR count). The number of ether oxygens (including phenoxy) is 1. The Morgan fingerprint density at radius 3 is 2.84 bits per heavy atom. The van der Waals surface area contributed by atoms with Gasteiger partial charge in [-0.3, -0.25) is 9.78 Å². The molecule has 0 fully saturated rings. The normalized spacial score (nSPS) is 11.0. The number of hydrogen-bond donors (Lipinski definition) is 1. The van der Waals surface area contributed by atoms with E-state index in [1.807, 2.05) is 42.5 Å². The van der Waals surface area contributed by atoms with Crippen LogP contribution in [-0.2, 0) is 4.79 Å². The van der Waals surface area contributed by atoms with Crippen LogP contribution in [0, 0.1) is 0 Å². The monoisotopic (exact) mass is 460 g/mol. The summed E-state index contributed by atoms with van der Waals surface area (Å²) in [4.78, 5) is 16.6. The van der Waals surface area contributed by atoms with Gasteiger partial charge >= 0.3 is 0 Å². The van der Waals surface area contributed by atoms with Gasteiger partial charge in [-0.25, -0.2) is 0 Å². The predicted molar refractivity (Wildman–Crippen MR) is 108 cm³/mol. The molecule has 0 aliphatic carbocycles. The number of amides is 1. The molecule has 2 aromatic carbocycles. The third-order valence-electron chi connectivity index (χ3n) is 3.56. The average molecular weight is 462 g/mol. The van der Waals surface area contributed by atoms with Crippen molar-refractivity contribution in [3.8, 4) is 5.75 Å². The highest BCUT2D eigenvalue weighted by Gasteiger charge is 2.08. The van der Waals surface area contributed by atoms with Gasteiger partial charge in [-0.05, 0) is 58.4 Å². The lowest BCUT2D eigenvalue weighted by Crippen LogP contribution is -2.08. The summed E-state index contributed by atoms with van der Waals surface area (Å²) in [6.45, 7) is 0. The Kier molecular flexibility index (Phi) is 5.50. The van der Waals surface area contributed by atoms with E-state index in [4.69, 9.17) is 4.74 Å². The highest BCUT2D eigenvalue weighted by molar-refractivity contribution is 9.11. The molecule has 1 N–H and O–H groups in total. The van der Waals surface area contributed by atoms with E-state index in [1.165, 1.54) is 6.08 Å². The molecule has 1 amide bonds. The fourth-order valence-electron chi connectivity index (χ4n) is 2.47. The zero-order valence-electron chi connectivity index (χ0n) is 13.3. The van der Waals surface area contributed by atoms with Crippen molar-refractivity contribution in [2.24, 2.45) is 0 Å². The van der Waals surface area contributed by atoms with E-state index in [9.17, 15) is 4.79 Å². The number of benzene rings is 2.